The van der Waals surface area contributed by atoms with Crippen LogP contribution in [0.3, 0.4) is 0 Å². The summed E-state index contributed by atoms with van der Waals surface area (Å²) in [6.07, 6.45) is 0.562. The van der Waals surface area contributed by atoms with Gasteiger partial charge in [0, 0.05) is 18.7 Å². The normalized spacial score (nSPS) is 16.2. The first kappa shape index (κ1) is 17.5. The van der Waals surface area contributed by atoms with Crippen molar-refractivity contribution >= 4 is 11.8 Å². The highest BCUT2D eigenvalue weighted by atomic mass is 16.5. The number of benzene rings is 2. The zero-order chi connectivity index (χ0) is 18.5. The number of nitrogens with one attached hydrogen (secondary N) is 1. The van der Waals surface area contributed by atoms with Gasteiger partial charge in [0.2, 0.25) is 5.91 Å². The van der Waals surface area contributed by atoms with Crippen LogP contribution in [-0.4, -0.2) is 36.4 Å². The van der Waals surface area contributed by atoms with Crippen LogP contribution in [0.1, 0.15) is 27.9 Å². The summed E-state index contributed by atoms with van der Waals surface area (Å²) in [6.45, 7) is 0.999. The summed E-state index contributed by atoms with van der Waals surface area (Å²) in [4.78, 5) is 26.7. The van der Waals surface area contributed by atoms with Crippen LogP contribution in [0.15, 0.2) is 48.5 Å². The summed E-state index contributed by atoms with van der Waals surface area (Å²) >= 11 is 0. The van der Waals surface area contributed by atoms with Crippen LogP contribution in [0.25, 0.3) is 0 Å². The first-order valence-electron chi connectivity index (χ1n) is 8.33. The average Bonchev–Trinajstić information content (AvgIpc) is 3.01. The molecule has 0 spiro atoms. The van der Waals surface area contributed by atoms with Crippen LogP contribution in [0, 0.1) is 11.3 Å². The Morgan fingerprint density at radius 1 is 1.31 bits per heavy atom. The lowest BCUT2D eigenvalue weighted by Gasteiger charge is -2.17. The lowest BCUT2D eigenvalue weighted by molar-refractivity contribution is -0.129. The minimum atomic E-state index is -0.534. The zero-order valence-corrected chi connectivity index (χ0v) is 14.4. The van der Waals surface area contributed by atoms with Gasteiger partial charge in [0.15, 0.2) is 0 Å². The Morgan fingerprint density at radius 2 is 2.12 bits per heavy atom. The lowest BCUT2D eigenvalue weighted by Crippen LogP contribution is -2.41. The number of amides is 2. The number of hydrogen-bond acceptors (Lipinski definition) is 4. The lowest BCUT2D eigenvalue weighted by atomic mass is 10.1. The molecule has 26 heavy (non-hydrogen) atoms. The molecule has 1 aliphatic heterocycles. The molecular formula is C20H19N3O3. The summed E-state index contributed by atoms with van der Waals surface area (Å²) in [5, 5.41) is 11.8. The van der Waals surface area contributed by atoms with E-state index < -0.39 is 6.04 Å². The highest BCUT2D eigenvalue weighted by Crippen LogP contribution is 2.17. The summed E-state index contributed by atoms with van der Waals surface area (Å²) in [6, 6.07) is 15.6. The second kappa shape index (κ2) is 7.70. The molecule has 1 atom stereocenters. The van der Waals surface area contributed by atoms with Gasteiger partial charge >= 0.3 is 0 Å². The highest BCUT2D eigenvalue weighted by molar-refractivity contribution is 5.98. The summed E-state index contributed by atoms with van der Waals surface area (Å²) in [5.74, 6) is 0.189. The molecule has 3 rings (SSSR count). The molecule has 6 nitrogen and oxygen atoms in total. The fraction of sp³-hybridized carbons (Fsp3) is 0.250. The smallest absolute Gasteiger partial charge is 0.252 e. The number of hydrogen-bond donors (Lipinski definition) is 1. The molecule has 1 fully saturated rings. The molecule has 2 amide bonds. The number of carbonyl (C=O) groups is 2. The zero-order valence-electron chi connectivity index (χ0n) is 14.4. The van der Waals surface area contributed by atoms with Crippen molar-refractivity contribution in [1.29, 1.82) is 5.26 Å². The largest absolute Gasteiger partial charge is 0.497 e. The monoisotopic (exact) mass is 349 g/mol. The first-order chi connectivity index (χ1) is 12.6. The number of likely N-dealkylation sites (tertiary alicyclic amines) is 1. The molecule has 6 heteroatoms. The topological polar surface area (TPSA) is 82.4 Å². The highest BCUT2D eigenvalue weighted by Gasteiger charge is 2.32. The van der Waals surface area contributed by atoms with Gasteiger partial charge in [-0.3, -0.25) is 9.59 Å². The second-order valence-corrected chi connectivity index (χ2v) is 6.12. The Kier molecular flexibility index (Phi) is 5.18. The summed E-state index contributed by atoms with van der Waals surface area (Å²) in [5.41, 5.74) is 1.92. The maximum atomic E-state index is 12.6. The third-order valence-electron chi connectivity index (χ3n) is 4.36. The SMILES string of the molecule is COc1cccc(C(=O)N[C@H]2CCN(Cc3cccc(C#N)c3)C2=O)c1. The molecule has 2 aromatic carbocycles. The molecule has 0 bridgehead atoms. The standard InChI is InChI=1S/C20H19N3O3/c1-26-17-7-3-6-16(11-17)19(24)22-18-8-9-23(20(18)25)13-15-5-2-4-14(10-15)12-21/h2-7,10-11,18H,8-9,13H2,1H3,(H,22,24)/t18-/m0/s1. The molecule has 0 aromatic heterocycles. The average molecular weight is 349 g/mol. The van der Waals surface area contributed by atoms with Crippen molar-refractivity contribution in [2.75, 3.05) is 13.7 Å². The van der Waals surface area contributed by atoms with E-state index in [1.165, 1.54) is 7.11 Å². The van der Waals surface area contributed by atoms with Crippen LogP contribution < -0.4 is 10.1 Å². The van der Waals surface area contributed by atoms with E-state index in [1.807, 2.05) is 6.07 Å². The van der Waals surface area contributed by atoms with E-state index in [-0.39, 0.29) is 11.8 Å². The maximum Gasteiger partial charge on any atom is 0.252 e. The molecule has 1 heterocycles. The fourth-order valence-electron chi connectivity index (χ4n) is 3.00. The Balaban J connectivity index is 1.63. The van der Waals surface area contributed by atoms with E-state index in [4.69, 9.17) is 10.00 Å². The summed E-state index contributed by atoms with van der Waals surface area (Å²) < 4.78 is 5.12. The van der Waals surface area contributed by atoms with Crippen molar-refractivity contribution in [3.63, 3.8) is 0 Å². The first-order valence-corrected chi connectivity index (χ1v) is 8.33. The maximum absolute atomic E-state index is 12.6. The third kappa shape index (κ3) is 3.83. The van der Waals surface area contributed by atoms with Gasteiger partial charge in [0.25, 0.3) is 5.91 Å². The molecule has 2 aromatic rings. The van der Waals surface area contributed by atoms with E-state index in [2.05, 4.69) is 11.4 Å². The van der Waals surface area contributed by atoms with E-state index >= 15 is 0 Å². The number of rotatable bonds is 5. The van der Waals surface area contributed by atoms with Gasteiger partial charge in [-0.25, -0.2) is 0 Å². The molecule has 1 N–H and O–H groups in total. The van der Waals surface area contributed by atoms with E-state index in [0.29, 0.717) is 36.4 Å². The van der Waals surface area contributed by atoms with Crippen LogP contribution in [-0.2, 0) is 11.3 Å². The molecule has 0 radical (unpaired) electrons. The van der Waals surface area contributed by atoms with Crippen molar-refractivity contribution in [1.82, 2.24) is 10.2 Å². The predicted molar refractivity (Wildman–Crippen MR) is 95.4 cm³/mol. The Hall–Kier alpha value is -3.33. The molecule has 0 aliphatic carbocycles. The quantitative estimate of drug-likeness (QED) is 0.896. The van der Waals surface area contributed by atoms with Gasteiger partial charge in [-0.05, 0) is 42.3 Å². The van der Waals surface area contributed by atoms with Crippen LogP contribution in [0.5, 0.6) is 5.75 Å². The number of nitrogens with zero attached hydrogens (tertiary/aromatic N) is 2. The summed E-state index contributed by atoms with van der Waals surface area (Å²) in [7, 11) is 1.54. The number of methoxy groups -OCH3 is 1. The van der Waals surface area contributed by atoms with E-state index in [1.54, 1.807) is 47.4 Å². The van der Waals surface area contributed by atoms with Gasteiger partial charge in [-0.2, -0.15) is 5.26 Å². The minimum absolute atomic E-state index is 0.108. The van der Waals surface area contributed by atoms with Gasteiger partial charge in [0.05, 0.1) is 18.7 Å². The predicted octanol–water partition coefficient (Wildman–Crippen LogP) is 2.10. The number of nitriles is 1. The van der Waals surface area contributed by atoms with E-state index in [9.17, 15) is 9.59 Å². The molecule has 0 unspecified atom stereocenters. The van der Waals surface area contributed by atoms with Gasteiger partial charge in [-0.1, -0.05) is 18.2 Å². The van der Waals surface area contributed by atoms with Crippen molar-refractivity contribution in [3.05, 3.63) is 65.2 Å². The van der Waals surface area contributed by atoms with E-state index in [0.717, 1.165) is 5.56 Å². The minimum Gasteiger partial charge on any atom is -0.497 e. The third-order valence-corrected chi connectivity index (χ3v) is 4.36. The van der Waals surface area contributed by atoms with Crippen molar-refractivity contribution in [2.45, 2.75) is 19.0 Å². The van der Waals surface area contributed by atoms with Crippen molar-refractivity contribution in [2.24, 2.45) is 0 Å². The molecular weight excluding hydrogens is 330 g/mol. The molecule has 1 aliphatic rings. The van der Waals surface area contributed by atoms with Gasteiger partial charge in [-0.15, -0.1) is 0 Å². The molecule has 0 saturated carbocycles. The Labute approximate surface area is 152 Å². The molecule has 132 valence electrons. The Morgan fingerprint density at radius 3 is 2.88 bits per heavy atom. The van der Waals surface area contributed by atoms with Crippen LogP contribution >= 0.6 is 0 Å². The van der Waals surface area contributed by atoms with Crippen LogP contribution in [0.4, 0.5) is 0 Å². The Bertz CT molecular complexity index is 873. The van der Waals surface area contributed by atoms with Gasteiger partial charge in [0.1, 0.15) is 11.8 Å². The number of ether oxygens (including phenoxy) is 1. The second-order valence-electron chi connectivity index (χ2n) is 6.12. The van der Waals surface area contributed by atoms with Crippen molar-refractivity contribution in [3.8, 4) is 11.8 Å². The fourth-order valence-corrected chi connectivity index (χ4v) is 3.00. The molecule has 1 saturated heterocycles. The number of carbonyl (C=O) groups excluding carboxylic acids is 2. The van der Waals surface area contributed by atoms with Crippen molar-refractivity contribution < 1.29 is 14.3 Å². The van der Waals surface area contributed by atoms with Gasteiger partial charge < -0.3 is 15.0 Å². The van der Waals surface area contributed by atoms with Crippen LogP contribution in [0.2, 0.25) is 0 Å².